The predicted octanol–water partition coefficient (Wildman–Crippen LogP) is 24.9. The van der Waals surface area contributed by atoms with E-state index in [-0.39, 0.29) is 35.2 Å². The summed E-state index contributed by atoms with van der Waals surface area (Å²) in [4.78, 5) is 32.5. The van der Waals surface area contributed by atoms with Crippen LogP contribution in [-0.4, -0.2) is 75.1 Å². The van der Waals surface area contributed by atoms with Gasteiger partial charge in [-0.1, -0.05) is 211 Å². The Morgan fingerprint density at radius 2 is 1.05 bits per heavy atom. The Kier molecular flexibility index (Phi) is 21.4. The van der Waals surface area contributed by atoms with Gasteiger partial charge in [0, 0.05) is 98.0 Å². The molecule has 2 saturated heterocycles. The summed E-state index contributed by atoms with van der Waals surface area (Å²) in [6, 6.07) is 32.1. The second-order valence-electron chi connectivity index (χ2n) is 40.1. The highest BCUT2D eigenvalue weighted by Crippen LogP contribution is 2.70. The van der Waals surface area contributed by atoms with Crippen molar-refractivity contribution in [1.82, 2.24) is 0 Å². The number of anilines is 2. The summed E-state index contributed by atoms with van der Waals surface area (Å²) in [6.07, 6.45) is 38.2. The van der Waals surface area contributed by atoms with Crippen molar-refractivity contribution in [2.75, 3.05) is 43.1 Å². The zero-order chi connectivity index (χ0) is 77.8. The molecule has 11 heteroatoms. The zero-order valence-corrected chi connectivity index (χ0v) is 70.2. The summed E-state index contributed by atoms with van der Waals surface area (Å²) in [5.74, 6) is 11.0. The van der Waals surface area contributed by atoms with E-state index < -0.39 is 23.5 Å². The topological polar surface area (TPSA) is 116 Å². The van der Waals surface area contributed by atoms with Gasteiger partial charge in [-0.05, 0) is 241 Å². The Hall–Kier alpha value is -6.72. The number of ether oxygens (including phenoxy) is 6. The second kappa shape index (κ2) is 30.7. The lowest BCUT2D eigenvalue weighted by molar-refractivity contribution is -0.0644. The molecule has 0 spiro atoms. The number of methoxy groups -OCH3 is 1. The first-order chi connectivity index (χ1) is 54.0. The van der Waals surface area contributed by atoms with E-state index in [4.69, 9.17) is 28.4 Å². The van der Waals surface area contributed by atoms with Crippen LogP contribution in [0.3, 0.4) is 0 Å². The minimum atomic E-state index is -1.29. The zero-order valence-electron chi connectivity index (χ0n) is 70.2. The van der Waals surface area contributed by atoms with Crippen LogP contribution < -0.4 is 19.3 Å². The standard InChI is InChI=1S/C101H134N2O9/c1-13-100(106)88-28-18-17-27-78(88)91-80-61-89(103-57-48-73(49-58-103)109-95(105)111-75-42-51-97(9)70(60-75)32-36-77-85-40-38-83(66(7)24-20-22-64(4)5)99(85,11)53-45-87(77)97)90(107-12)62-81(80)93-79(92(91)100)43-54-101(112-93,67-25-15-14-16-26-67)68-29-33-71(34-30-68)102-55-46-72(47-56-102)108-94(104)110-74-41-50-96(8)69(59-74)31-35-76-84-39-37-82(65(6)23-19-21-63(2)3)98(84,10)52-44-86(76)96/h14-18,25-34,43,54,61-66,72-77,82-87,106H,13,19-24,35-42,44-53,55-60H2,1-12H3. The molecule has 6 saturated carbocycles. The highest BCUT2D eigenvalue weighted by Gasteiger charge is 2.62. The number of hydrogen-bond donors (Lipinski definition) is 1. The fourth-order valence-electron chi connectivity index (χ4n) is 27.5. The molecule has 5 aromatic rings. The quantitative estimate of drug-likeness (QED) is 0.0593. The van der Waals surface area contributed by atoms with E-state index in [1.807, 2.05) is 6.07 Å². The van der Waals surface area contributed by atoms with Crippen molar-refractivity contribution in [2.24, 2.45) is 92.7 Å². The molecule has 0 bridgehead atoms. The first-order valence-corrected chi connectivity index (χ1v) is 45.2. The van der Waals surface area contributed by atoms with Gasteiger partial charge in [0.1, 0.15) is 41.5 Å². The van der Waals surface area contributed by atoms with Crippen LogP contribution in [0, 0.1) is 92.7 Å². The van der Waals surface area contributed by atoms with Crippen LogP contribution in [-0.2, 0) is 30.1 Å². The minimum absolute atomic E-state index is 0.136. The Morgan fingerprint density at radius 1 is 0.545 bits per heavy atom. The molecule has 5 aromatic carbocycles. The highest BCUT2D eigenvalue weighted by molar-refractivity contribution is 6.10. The van der Waals surface area contributed by atoms with Gasteiger partial charge in [-0.15, -0.1) is 0 Å². The minimum Gasteiger partial charge on any atom is -0.495 e. The largest absolute Gasteiger partial charge is 0.508 e. The van der Waals surface area contributed by atoms with Crippen LogP contribution in [0.15, 0.2) is 120 Å². The van der Waals surface area contributed by atoms with E-state index in [2.05, 4.69) is 195 Å². The van der Waals surface area contributed by atoms with E-state index in [0.717, 1.165) is 196 Å². The van der Waals surface area contributed by atoms with Gasteiger partial charge in [-0.3, -0.25) is 0 Å². The smallest absolute Gasteiger partial charge is 0.495 e. The lowest BCUT2D eigenvalue weighted by Crippen LogP contribution is -2.51. The lowest BCUT2D eigenvalue weighted by atomic mass is 9.47. The molecule has 9 aliphatic carbocycles. The van der Waals surface area contributed by atoms with Gasteiger partial charge >= 0.3 is 12.3 Å². The number of nitrogens with zero attached hydrogens (tertiary/aromatic N) is 2. The SMILES string of the molecule is CCC1(O)c2ccccc2-c2c1c1c(c3cc(OC)c(N4CCC(OC(=O)OC5CCC6(C)C(=CCC7C6CCC6(C)C(C(C)CCCC(C)C)CCC76)C5)CC4)cc23)OC(c2ccccc2)(c2ccc(N3CCC(OC(=O)OC4CCC5(C)C(=CCC6C5CCC5(C)C(C(C)CCCC(C)C)CCC65)C4)CC3)cc2)C=C1. The van der Waals surface area contributed by atoms with Crippen molar-refractivity contribution in [3.8, 4) is 22.6 Å². The number of piperidine rings is 2. The van der Waals surface area contributed by atoms with Gasteiger partial charge in [0.05, 0.1) is 12.8 Å². The van der Waals surface area contributed by atoms with Crippen molar-refractivity contribution in [3.05, 3.63) is 148 Å². The summed E-state index contributed by atoms with van der Waals surface area (Å²) in [7, 11) is 1.75. The van der Waals surface area contributed by atoms with E-state index in [1.165, 1.54) is 108 Å². The molecule has 18 unspecified atom stereocenters. The fourth-order valence-corrected chi connectivity index (χ4v) is 27.5. The van der Waals surface area contributed by atoms with E-state index >= 15 is 0 Å². The summed E-state index contributed by atoms with van der Waals surface area (Å²) in [6.45, 7) is 30.0. The average Bonchev–Trinajstić information content (AvgIpc) is 1.49. The Balaban J connectivity index is 0.547. The molecule has 8 fully saturated rings. The van der Waals surface area contributed by atoms with Crippen molar-refractivity contribution in [3.63, 3.8) is 0 Å². The van der Waals surface area contributed by atoms with Crippen LogP contribution in [0.1, 0.15) is 277 Å². The molecule has 17 rings (SSSR count). The molecule has 12 aliphatic rings. The number of fused-ring (bicyclic) bond motifs is 18. The van der Waals surface area contributed by atoms with Gasteiger partial charge in [0.2, 0.25) is 0 Å². The number of carbonyl (C=O) groups is 2. The molecule has 18 atom stereocenters. The normalized spacial score (nSPS) is 34.5. The molecule has 11 nitrogen and oxygen atoms in total. The van der Waals surface area contributed by atoms with Crippen molar-refractivity contribution < 1.29 is 43.1 Å². The Morgan fingerprint density at radius 3 is 1.58 bits per heavy atom. The molecule has 0 radical (unpaired) electrons. The van der Waals surface area contributed by atoms with E-state index in [1.54, 1.807) is 12.7 Å². The number of carbonyl (C=O) groups excluding carboxylic acids is 2. The third kappa shape index (κ3) is 13.6. The first-order valence-electron chi connectivity index (χ1n) is 45.2. The number of aliphatic hydroxyl groups is 1. The number of benzene rings is 5. The maximum atomic E-state index is 13.9. The highest BCUT2D eigenvalue weighted by atomic mass is 16.7. The molecule has 112 heavy (non-hydrogen) atoms. The Bertz CT molecular complexity index is 4370. The van der Waals surface area contributed by atoms with Crippen LogP contribution in [0.25, 0.3) is 28.0 Å². The molecule has 0 amide bonds. The van der Waals surface area contributed by atoms with E-state index in [9.17, 15) is 14.7 Å². The third-order valence-electron chi connectivity index (χ3n) is 33.6. The molecular formula is C101H134N2O9. The molecular weight excluding hydrogens is 1390 g/mol. The summed E-state index contributed by atoms with van der Waals surface area (Å²) >= 11 is 0. The summed E-state index contributed by atoms with van der Waals surface area (Å²) in [5.41, 5.74) is 10.7. The molecule has 602 valence electrons. The van der Waals surface area contributed by atoms with Gasteiger partial charge in [-0.2, -0.15) is 0 Å². The van der Waals surface area contributed by atoms with Gasteiger partial charge < -0.3 is 43.3 Å². The molecule has 1 N–H and O–H groups in total. The summed E-state index contributed by atoms with van der Waals surface area (Å²) in [5, 5.41) is 15.2. The average molecular weight is 1520 g/mol. The van der Waals surface area contributed by atoms with Gasteiger partial charge in [0.15, 0.2) is 5.60 Å². The molecule has 0 aromatic heterocycles. The van der Waals surface area contributed by atoms with Crippen LogP contribution >= 0.6 is 0 Å². The molecule has 3 heterocycles. The first kappa shape index (κ1) is 77.8. The predicted molar refractivity (Wildman–Crippen MR) is 452 cm³/mol. The van der Waals surface area contributed by atoms with Gasteiger partial charge in [-0.25, -0.2) is 9.59 Å². The van der Waals surface area contributed by atoms with Crippen LogP contribution in [0.2, 0.25) is 0 Å². The van der Waals surface area contributed by atoms with Crippen LogP contribution in [0.5, 0.6) is 11.5 Å². The molecule has 3 aliphatic heterocycles. The summed E-state index contributed by atoms with van der Waals surface area (Å²) < 4.78 is 39.3. The maximum absolute atomic E-state index is 13.9. The lowest BCUT2D eigenvalue weighted by Gasteiger charge is -2.58. The second-order valence-corrected chi connectivity index (χ2v) is 40.1. The number of allylic oxidation sites excluding steroid dienone is 2. The fraction of sp³-hybridized carbons (Fsp3) is 0.644. The van der Waals surface area contributed by atoms with E-state index in [0.29, 0.717) is 54.8 Å². The van der Waals surface area contributed by atoms with Crippen molar-refractivity contribution in [2.45, 2.75) is 285 Å². The van der Waals surface area contributed by atoms with Gasteiger partial charge in [0.25, 0.3) is 0 Å². The van der Waals surface area contributed by atoms with Crippen molar-refractivity contribution in [1.29, 1.82) is 0 Å². The van der Waals surface area contributed by atoms with Crippen LogP contribution in [0.4, 0.5) is 21.0 Å². The maximum Gasteiger partial charge on any atom is 0.508 e. The number of hydrogen-bond acceptors (Lipinski definition) is 11. The van der Waals surface area contributed by atoms with Crippen molar-refractivity contribution >= 4 is 40.5 Å². The number of rotatable bonds is 20. The monoisotopic (exact) mass is 1520 g/mol. The Labute approximate surface area is 671 Å². The third-order valence-corrected chi connectivity index (χ3v) is 33.6.